The van der Waals surface area contributed by atoms with E-state index >= 15 is 0 Å². The van der Waals surface area contributed by atoms with Gasteiger partial charge in [0.15, 0.2) is 17.0 Å². The van der Waals surface area contributed by atoms with E-state index in [1.54, 1.807) is 17.9 Å². The zero-order valence-corrected chi connectivity index (χ0v) is 23.6. The van der Waals surface area contributed by atoms with Crippen LogP contribution in [0.1, 0.15) is 67.0 Å². The molecule has 1 aromatic carbocycles. The number of rotatable bonds is 4. The number of aromatic carboxylic acids is 1. The number of oxazole rings is 1. The number of furan rings is 1. The van der Waals surface area contributed by atoms with Crippen LogP contribution in [-0.4, -0.2) is 57.0 Å². The maximum absolute atomic E-state index is 13.8. The Morgan fingerprint density at radius 1 is 1.05 bits per heavy atom. The lowest BCUT2D eigenvalue weighted by atomic mass is 9.86. The molecule has 0 aliphatic carbocycles. The first kappa shape index (κ1) is 26.7. The lowest BCUT2D eigenvalue weighted by molar-refractivity contribution is 0.0478. The number of carbonyl (C=O) groups is 2. The van der Waals surface area contributed by atoms with Gasteiger partial charge < -0.3 is 23.7 Å². The normalized spacial score (nSPS) is 15.7. The van der Waals surface area contributed by atoms with Crippen LogP contribution in [0, 0.1) is 6.92 Å². The van der Waals surface area contributed by atoms with Crippen molar-refractivity contribution in [1.29, 1.82) is 0 Å². The predicted octanol–water partition coefficient (Wildman–Crippen LogP) is 6.18. The number of aromatic nitrogens is 2. The summed E-state index contributed by atoms with van der Waals surface area (Å²) < 4.78 is 11.8. The molecular weight excluding hydrogens is 520 g/mol. The summed E-state index contributed by atoms with van der Waals surface area (Å²) in [6.07, 6.45) is 0. The van der Waals surface area contributed by atoms with Crippen molar-refractivity contribution in [3.63, 3.8) is 0 Å². The Hall–Kier alpha value is -3.85. The van der Waals surface area contributed by atoms with Crippen LogP contribution in [0.3, 0.4) is 0 Å². The summed E-state index contributed by atoms with van der Waals surface area (Å²) in [5, 5.41) is 9.98. The van der Waals surface area contributed by atoms with Gasteiger partial charge in [-0.1, -0.05) is 44.5 Å². The Morgan fingerprint density at radius 2 is 1.74 bits per heavy atom. The molecule has 204 valence electrons. The van der Waals surface area contributed by atoms with Crippen molar-refractivity contribution in [3.8, 4) is 11.3 Å². The third-order valence-corrected chi connectivity index (χ3v) is 7.30. The van der Waals surface area contributed by atoms with Crippen molar-refractivity contribution in [2.45, 2.75) is 52.5 Å². The van der Waals surface area contributed by atoms with Crippen molar-refractivity contribution in [2.75, 3.05) is 24.5 Å². The summed E-state index contributed by atoms with van der Waals surface area (Å²) in [6.45, 7) is 13.0. The number of piperazine rings is 1. The second-order valence-corrected chi connectivity index (χ2v) is 12.0. The van der Waals surface area contributed by atoms with Crippen molar-refractivity contribution < 1.29 is 23.5 Å². The second kappa shape index (κ2) is 9.41. The van der Waals surface area contributed by atoms with Crippen molar-refractivity contribution in [3.05, 3.63) is 64.2 Å². The molecule has 1 fully saturated rings. The number of carbonyl (C=O) groups excluding carboxylic acids is 1. The molecule has 1 saturated heterocycles. The molecule has 1 aliphatic heterocycles. The molecule has 0 atom stereocenters. The zero-order valence-electron chi connectivity index (χ0n) is 22.8. The van der Waals surface area contributed by atoms with Gasteiger partial charge in [-0.15, -0.1) is 0 Å². The van der Waals surface area contributed by atoms with Crippen molar-refractivity contribution >= 4 is 40.6 Å². The molecule has 0 spiro atoms. The predicted molar refractivity (Wildman–Crippen MR) is 149 cm³/mol. The SMILES string of the molecule is Cc1oc(N2CCN(C(=O)c3cc4nc(-c5ccc(Cl)cc5)cc(C(C)(C)C)c4o3)C(C)(C)C2)nc1C(=O)O. The highest BCUT2D eigenvalue weighted by molar-refractivity contribution is 6.30. The number of aryl methyl sites for hydroxylation is 1. The van der Waals surface area contributed by atoms with E-state index in [0.29, 0.717) is 35.8 Å². The Labute approximate surface area is 231 Å². The van der Waals surface area contributed by atoms with Crippen LogP contribution < -0.4 is 4.90 Å². The molecule has 9 nitrogen and oxygen atoms in total. The average molecular weight is 551 g/mol. The van der Waals surface area contributed by atoms with Gasteiger partial charge in [-0.2, -0.15) is 4.98 Å². The highest BCUT2D eigenvalue weighted by Gasteiger charge is 2.40. The van der Waals surface area contributed by atoms with E-state index in [-0.39, 0.29) is 34.6 Å². The van der Waals surface area contributed by atoms with Crippen molar-refractivity contribution in [1.82, 2.24) is 14.9 Å². The number of hydrogen-bond donors (Lipinski definition) is 1. The van der Waals surface area contributed by atoms with E-state index in [1.165, 1.54) is 0 Å². The number of carboxylic acid groups (broad SMARTS) is 1. The fourth-order valence-electron chi connectivity index (χ4n) is 5.00. The standard InChI is InChI=1S/C29H31ClN4O5/c1-16-23(26(36)37)32-27(38-16)33-11-12-34(29(5,6)15-33)25(35)22-14-21-24(39-22)19(28(2,3)4)13-20(31-21)17-7-9-18(30)10-8-17/h7-10,13-14H,11-12,15H2,1-6H3,(H,36,37). The number of anilines is 1. The molecule has 39 heavy (non-hydrogen) atoms. The number of amides is 1. The molecule has 3 aromatic heterocycles. The van der Waals surface area contributed by atoms with E-state index in [1.807, 2.05) is 49.1 Å². The monoisotopic (exact) mass is 550 g/mol. The summed E-state index contributed by atoms with van der Waals surface area (Å²) in [6, 6.07) is 11.5. The number of carboxylic acids is 1. The minimum absolute atomic E-state index is 0.108. The van der Waals surface area contributed by atoms with E-state index in [4.69, 9.17) is 25.4 Å². The van der Waals surface area contributed by atoms with E-state index in [9.17, 15) is 14.7 Å². The van der Waals surface area contributed by atoms with Gasteiger partial charge in [0.1, 0.15) is 11.3 Å². The number of hydrogen-bond acceptors (Lipinski definition) is 7. The fourth-order valence-corrected chi connectivity index (χ4v) is 5.12. The van der Waals surface area contributed by atoms with Crippen LogP contribution in [0.5, 0.6) is 0 Å². The molecule has 0 bridgehead atoms. The van der Waals surface area contributed by atoms with Crippen LogP contribution in [0.15, 0.2) is 45.2 Å². The van der Waals surface area contributed by atoms with Crippen LogP contribution >= 0.6 is 11.6 Å². The van der Waals surface area contributed by atoms with Gasteiger partial charge in [0, 0.05) is 41.9 Å². The fraction of sp³-hybridized carbons (Fsp3) is 0.379. The van der Waals surface area contributed by atoms with Crippen LogP contribution in [0.4, 0.5) is 6.01 Å². The van der Waals surface area contributed by atoms with E-state index in [0.717, 1.165) is 16.8 Å². The Morgan fingerprint density at radius 3 is 2.33 bits per heavy atom. The summed E-state index contributed by atoms with van der Waals surface area (Å²) in [4.78, 5) is 37.8. The number of halogens is 1. The van der Waals surface area contributed by atoms with Gasteiger partial charge >= 0.3 is 5.97 Å². The third kappa shape index (κ3) is 4.98. The molecule has 0 saturated carbocycles. The minimum Gasteiger partial charge on any atom is -0.476 e. The first-order valence-corrected chi connectivity index (χ1v) is 13.1. The summed E-state index contributed by atoms with van der Waals surface area (Å²) >= 11 is 6.08. The maximum Gasteiger partial charge on any atom is 0.358 e. The number of benzene rings is 1. The molecule has 0 unspecified atom stereocenters. The average Bonchev–Trinajstić information content (AvgIpc) is 3.46. The smallest absolute Gasteiger partial charge is 0.358 e. The molecule has 1 N–H and O–H groups in total. The minimum atomic E-state index is -1.14. The van der Waals surface area contributed by atoms with E-state index < -0.39 is 11.5 Å². The maximum atomic E-state index is 13.8. The molecule has 4 aromatic rings. The Bertz CT molecular complexity index is 1580. The van der Waals surface area contributed by atoms with E-state index in [2.05, 4.69) is 25.8 Å². The van der Waals surface area contributed by atoms with Crippen LogP contribution in [0.2, 0.25) is 5.02 Å². The van der Waals surface area contributed by atoms with Gasteiger partial charge in [-0.3, -0.25) is 4.79 Å². The first-order chi connectivity index (χ1) is 18.2. The highest BCUT2D eigenvalue weighted by atomic mass is 35.5. The quantitative estimate of drug-likeness (QED) is 0.320. The van der Waals surface area contributed by atoms with Gasteiger partial charge in [0.05, 0.1) is 11.2 Å². The number of pyridine rings is 1. The number of nitrogens with zero attached hydrogens (tertiary/aromatic N) is 4. The summed E-state index contributed by atoms with van der Waals surface area (Å²) in [5.41, 5.74) is 2.88. The van der Waals surface area contributed by atoms with Gasteiger partial charge in [0.25, 0.3) is 11.9 Å². The molecule has 1 amide bonds. The third-order valence-electron chi connectivity index (χ3n) is 7.04. The highest BCUT2D eigenvalue weighted by Crippen LogP contribution is 2.36. The first-order valence-electron chi connectivity index (χ1n) is 12.7. The molecule has 5 rings (SSSR count). The Balaban J connectivity index is 1.46. The molecule has 1 aliphatic rings. The molecular formula is C29H31ClN4O5. The zero-order chi connectivity index (χ0) is 28.3. The molecule has 0 radical (unpaired) electrons. The second-order valence-electron chi connectivity index (χ2n) is 11.5. The van der Waals surface area contributed by atoms with Gasteiger partial charge in [0.2, 0.25) is 0 Å². The summed E-state index contributed by atoms with van der Waals surface area (Å²) in [7, 11) is 0. The summed E-state index contributed by atoms with van der Waals surface area (Å²) in [5.74, 6) is -0.905. The number of fused-ring (bicyclic) bond motifs is 1. The largest absolute Gasteiger partial charge is 0.476 e. The molecule has 4 heterocycles. The van der Waals surface area contributed by atoms with Gasteiger partial charge in [-0.25, -0.2) is 9.78 Å². The van der Waals surface area contributed by atoms with Crippen molar-refractivity contribution in [2.24, 2.45) is 0 Å². The van der Waals surface area contributed by atoms with Gasteiger partial charge in [-0.05, 0) is 44.4 Å². The topological polar surface area (TPSA) is 113 Å². The molecule has 10 heteroatoms. The Kier molecular flexibility index (Phi) is 6.45. The van der Waals surface area contributed by atoms with Crippen LogP contribution in [-0.2, 0) is 5.41 Å². The lowest BCUT2D eigenvalue weighted by Crippen LogP contribution is -2.61. The van der Waals surface area contributed by atoms with Crippen LogP contribution in [0.25, 0.3) is 22.4 Å². The lowest BCUT2D eigenvalue weighted by Gasteiger charge is -2.46.